The standard InChI is InChI=1S/C16H22N2O2/c1-12-6-8-18(9-7-12)11-16(20)17-15-5-3-4-14(10-15)13(2)19/h3-5,10,12H,6-9,11H2,1-2H3,(H,17,20). The first-order chi connectivity index (χ1) is 9.54. The molecule has 0 spiro atoms. The molecule has 0 radical (unpaired) electrons. The van der Waals surface area contributed by atoms with Crippen molar-refractivity contribution >= 4 is 17.4 Å². The lowest BCUT2D eigenvalue weighted by atomic mass is 9.99. The second-order valence-electron chi connectivity index (χ2n) is 5.64. The summed E-state index contributed by atoms with van der Waals surface area (Å²) in [7, 11) is 0. The highest BCUT2D eigenvalue weighted by molar-refractivity contribution is 5.97. The van der Waals surface area contributed by atoms with Crippen molar-refractivity contribution in [3.63, 3.8) is 0 Å². The molecule has 1 aromatic rings. The molecule has 108 valence electrons. The molecule has 1 heterocycles. The van der Waals surface area contributed by atoms with E-state index in [1.54, 1.807) is 18.2 Å². The Morgan fingerprint density at radius 3 is 2.65 bits per heavy atom. The van der Waals surface area contributed by atoms with Gasteiger partial charge in [0.1, 0.15) is 0 Å². The van der Waals surface area contributed by atoms with Gasteiger partial charge in [-0.05, 0) is 50.9 Å². The van der Waals surface area contributed by atoms with Gasteiger partial charge < -0.3 is 5.32 Å². The third-order valence-corrected chi connectivity index (χ3v) is 3.80. The van der Waals surface area contributed by atoms with Crippen LogP contribution in [0.4, 0.5) is 5.69 Å². The molecule has 20 heavy (non-hydrogen) atoms. The van der Waals surface area contributed by atoms with Crippen LogP contribution in [0.3, 0.4) is 0 Å². The summed E-state index contributed by atoms with van der Waals surface area (Å²) in [6.07, 6.45) is 2.32. The zero-order valence-corrected chi connectivity index (χ0v) is 12.2. The van der Waals surface area contributed by atoms with E-state index in [9.17, 15) is 9.59 Å². The molecule has 1 N–H and O–H groups in total. The molecule has 0 aliphatic carbocycles. The minimum Gasteiger partial charge on any atom is -0.325 e. The number of rotatable bonds is 4. The Balaban J connectivity index is 1.88. The SMILES string of the molecule is CC(=O)c1cccc(NC(=O)CN2CCC(C)CC2)c1. The molecule has 1 aromatic carbocycles. The maximum absolute atomic E-state index is 12.0. The summed E-state index contributed by atoms with van der Waals surface area (Å²) in [4.78, 5) is 25.5. The summed E-state index contributed by atoms with van der Waals surface area (Å²) in [5.41, 5.74) is 1.31. The highest BCUT2D eigenvalue weighted by atomic mass is 16.2. The number of hydrogen-bond donors (Lipinski definition) is 1. The third-order valence-electron chi connectivity index (χ3n) is 3.80. The highest BCUT2D eigenvalue weighted by Crippen LogP contribution is 2.16. The quantitative estimate of drug-likeness (QED) is 0.858. The number of Topliss-reactive ketones (excluding diaryl/α,β-unsaturated/α-hetero) is 1. The van der Waals surface area contributed by atoms with Crippen LogP contribution in [-0.2, 0) is 4.79 Å². The van der Waals surface area contributed by atoms with Crippen LogP contribution in [0.15, 0.2) is 24.3 Å². The van der Waals surface area contributed by atoms with Crippen LogP contribution >= 0.6 is 0 Å². The third kappa shape index (κ3) is 4.17. The van der Waals surface area contributed by atoms with E-state index in [4.69, 9.17) is 0 Å². The molecule has 2 rings (SSSR count). The monoisotopic (exact) mass is 274 g/mol. The lowest BCUT2D eigenvalue weighted by Gasteiger charge is -2.29. The Morgan fingerprint density at radius 1 is 1.30 bits per heavy atom. The van der Waals surface area contributed by atoms with E-state index in [2.05, 4.69) is 17.1 Å². The first-order valence-corrected chi connectivity index (χ1v) is 7.18. The number of anilines is 1. The summed E-state index contributed by atoms with van der Waals surface area (Å²) in [5, 5.41) is 2.86. The zero-order chi connectivity index (χ0) is 14.5. The number of nitrogens with zero attached hydrogens (tertiary/aromatic N) is 1. The summed E-state index contributed by atoms with van der Waals surface area (Å²) >= 11 is 0. The first kappa shape index (κ1) is 14.7. The lowest BCUT2D eigenvalue weighted by molar-refractivity contribution is -0.117. The molecular weight excluding hydrogens is 252 g/mol. The minimum absolute atomic E-state index is 0.00566. The van der Waals surface area contributed by atoms with Gasteiger partial charge in [-0.2, -0.15) is 0 Å². The summed E-state index contributed by atoms with van der Waals surface area (Å²) in [6.45, 7) is 6.18. The number of nitrogens with one attached hydrogen (secondary N) is 1. The van der Waals surface area contributed by atoms with Crippen LogP contribution in [0, 0.1) is 5.92 Å². The van der Waals surface area contributed by atoms with Crippen LogP contribution in [0.1, 0.15) is 37.0 Å². The van der Waals surface area contributed by atoms with Crippen molar-refractivity contribution < 1.29 is 9.59 Å². The van der Waals surface area contributed by atoms with E-state index < -0.39 is 0 Å². The number of carbonyl (C=O) groups is 2. The normalized spacial score (nSPS) is 16.9. The van der Waals surface area contributed by atoms with Crippen LogP contribution in [0.25, 0.3) is 0 Å². The van der Waals surface area contributed by atoms with Gasteiger partial charge in [-0.1, -0.05) is 19.1 Å². The molecular formula is C16H22N2O2. The Labute approximate surface area is 120 Å². The van der Waals surface area contributed by atoms with Gasteiger partial charge in [-0.25, -0.2) is 0 Å². The number of benzene rings is 1. The van der Waals surface area contributed by atoms with Gasteiger partial charge in [0.15, 0.2) is 5.78 Å². The van der Waals surface area contributed by atoms with Crippen LogP contribution in [0.2, 0.25) is 0 Å². The van der Waals surface area contributed by atoms with E-state index >= 15 is 0 Å². The number of piperidine rings is 1. The van der Waals surface area contributed by atoms with Crippen molar-refractivity contribution in [1.29, 1.82) is 0 Å². The zero-order valence-electron chi connectivity index (χ0n) is 12.2. The van der Waals surface area contributed by atoms with Crippen molar-refractivity contribution in [2.45, 2.75) is 26.7 Å². The van der Waals surface area contributed by atoms with Crippen LogP contribution in [-0.4, -0.2) is 36.2 Å². The molecule has 1 saturated heterocycles. The second-order valence-corrected chi connectivity index (χ2v) is 5.64. The van der Waals surface area contributed by atoms with Gasteiger partial charge in [-0.3, -0.25) is 14.5 Å². The molecule has 0 atom stereocenters. The molecule has 0 aromatic heterocycles. The number of hydrogen-bond acceptors (Lipinski definition) is 3. The number of carbonyl (C=O) groups excluding carboxylic acids is 2. The van der Waals surface area contributed by atoms with Gasteiger partial charge in [-0.15, -0.1) is 0 Å². The molecule has 0 unspecified atom stereocenters. The predicted molar refractivity (Wildman–Crippen MR) is 79.9 cm³/mol. The van der Waals surface area contributed by atoms with Gasteiger partial charge in [0.05, 0.1) is 6.54 Å². The summed E-state index contributed by atoms with van der Waals surface area (Å²) < 4.78 is 0. The highest BCUT2D eigenvalue weighted by Gasteiger charge is 2.17. The Hall–Kier alpha value is -1.68. The van der Waals surface area contributed by atoms with Crippen molar-refractivity contribution in [3.05, 3.63) is 29.8 Å². The van der Waals surface area contributed by atoms with E-state index in [0.717, 1.165) is 31.8 Å². The van der Waals surface area contributed by atoms with Gasteiger partial charge in [0.25, 0.3) is 0 Å². The molecule has 0 saturated carbocycles. The van der Waals surface area contributed by atoms with E-state index in [-0.39, 0.29) is 11.7 Å². The van der Waals surface area contributed by atoms with Gasteiger partial charge in [0.2, 0.25) is 5.91 Å². The first-order valence-electron chi connectivity index (χ1n) is 7.18. The Bertz CT molecular complexity index is 491. The molecule has 1 aliphatic heterocycles. The lowest BCUT2D eigenvalue weighted by Crippen LogP contribution is -2.38. The van der Waals surface area contributed by atoms with E-state index in [0.29, 0.717) is 17.8 Å². The Morgan fingerprint density at radius 2 is 2.00 bits per heavy atom. The molecule has 1 amide bonds. The van der Waals surface area contributed by atoms with E-state index in [1.165, 1.54) is 6.92 Å². The fourth-order valence-electron chi connectivity index (χ4n) is 2.44. The van der Waals surface area contributed by atoms with Gasteiger partial charge in [0, 0.05) is 11.3 Å². The smallest absolute Gasteiger partial charge is 0.238 e. The summed E-state index contributed by atoms with van der Waals surface area (Å²) in [6, 6.07) is 7.07. The molecule has 4 nitrogen and oxygen atoms in total. The Kier molecular flexibility index (Phi) is 4.90. The van der Waals surface area contributed by atoms with Crippen molar-refractivity contribution in [2.24, 2.45) is 5.92 Å². The largest absolute Gasteiger partial charge is 0.325 e. The van der Waals surface area contributed by atoms with Crippen molar-refractivity contribution in [1.82, 2.24) is 4.90 Å². The topological polar surface area (TPSA) is 49.4 Å². The van der Waals surface area contributed by atoms with Crippen molar-refractivity contribution in [3.8, 4) is 0 Å². The average molecular weight is 274 g/mol. The fourth-order valence-corrected chi connectivity index (χ4v) is 2.44. The summed E-state index contributed by atoms with van der Waals surface area (Å²) in [5.74, 6) is 0.757. The average Bonchev–Trinajstić information content (AvgIpc) is 2.41. The molecule has 1 aliphatic rings. The fraction of sp³-hybridized carbons (Fsp3) is 0.500. The van der Waals surface area contributed by atoms with E-state index in [1.807, 2.05) is 6.07 Å². The van der Waals surface area contributed by atoms with Crippen LogP contribution in [0.5, 0.6) is 0 Å². The van der Waals surface area contributed by atoms with Gasteiger partial charge >= 0.3 is 0 Å². The number of ketones is 1. The molecule has 0 bridgehead atoms. The van der Waals surface area contributed by atoms with Crippen LogP contribution < -0.4 is 5.32 Å². The molecule has 1 fully saturated rings. The maximum atomic E-state index is 12.0. The number of likely N-dealkylation sites (tertiary alicyclic amines) is 1. The predicted octanol–water partition coefficient (Wildman–Crippen LogP) is 2.56. The minimum atomic E-state index is -0.0137. The maximum Gasteiger partial charge on any atom is 0.238 e. The molecule has 4 heteroatoms. The van der Waals surface area contributed by atoms with Crippen molar-refractivity contribution in [2.75, 3.05) is 25.0 Å². The number of amides is 1. The second kappa shape index (κ2) is 6.66.